The van der Waals surface area contributed by atoms with Gasteiger partial charge in [-0.1, -0.05) is 30.3 Å². The lowest BCUT2D eigenvalue weighted by Gasteiger charge is -2.05. The number of carbonyl (C=O) groups excluding carboxylic acids is 2. The van der Waals surface area contributed by atoms with E-state index in [1.165, 1.54) is 18.4 Å². The molecular weight excluding hydrogens is 276 g/mol. The average Bonchev–Trinajstić information content (AvgIpc) is 2.92. The van der Waals surface area contributed by atoms with Crippen molar-refractivity contribution >= 4 is 23.3 Å². The lowest BCUT2D eigenvalue weighted by molar-refractivity contribution is 0.0510. The second kappa shape index (κ2) is 6.34. The van der Waals surface area contributed by atoms with Crippen LogP contribution in [0.2, 0.25) is 0 Å². The van der Waals surface area contributed by atoms with E-state index in [1.807, 2.05) is 30.3 Å². The summed E-state index contributed by atoms with van der Waals surface area (Å²) in [6, 6.07) is 9.39. The van der Waals surface area contributed by atoms with Crippen molar-refractivity contribution in [2.75, 3.05) is 13.7 Å². The first-order valence-electron chi connectivity index (χ1n) is 6.11. The Bertz CT molecular complexity index is 616. The predicted molar refractivity (Wildman–Crippen MR) is 77.1 cm³/mol. The zero-order valence-electron chi connectivity index (χ0n) is 11.2. The van der Waals surface area contributed by atoms with Gasteiger partial charge in [0.15, 0.2) is 0 Å². The van der Waals surface area contributed by atoms with E-state index in [1.54, 1.807) is 12.3 Å². The predicted octanol–water partition coefficient (Wildman–Crippen LogP) is 3.38. The Morgan fingerprint density at radius 3 is 2.45 bits per heavy atom. The molecule has 104 valence electrons. The van der Waals surface area contributed by atoms with Crippen molar-refractivity contribution in [3.05, 3.63) is 46.2 Å². The fourth-order valence-corrected chi connectivity index (χ4v) is 2.80. The van der Waals surface area contributed by atoms with Gasteiger partial charge in [-0.05, 0) is 12.5 Å². The Hall–Kier alpha value is -2.14. The third-order valence-corrected chi connectivity index (χ3v) is 3.69. The van der Waals surface area contributed by atoms with Gasteiger partial charge in [0.2, 0.25) is 0 Å². The Kier molecular flexibility index (Phi) is 4.53. The summed E-state index contributed by atoms with van der Waals surface area (Å²) < 4.78 is 9.76. The standard InChI is InChI=1S/C15H14O4S/c1-3-19-15(17)13-12(14(16)18-2)11(9-20-13)10-7-5-4-6-8-10/h4-9H,3H2,1-2H3. The molecule has 0 radical (unpaired) electrons. The molecule has 2 rings (SSSR count). The topological polar surface area (TPSA) is 52.6 Å². The molecule has 0 N–H and O–H groups in total. The van der Waals surface area contributed by atoms with Crippen molar-refractivity contribution < 1.29 is 19.1 Å². The average molecular weight is 290 g/mol. The van der Waals surface area contributed by atoms with Crippen LogP contribution in [0.4, 0.5) is 0 Å². The molecular formula is C15H14O4S. The molecule has 1 heterocycles. The fourth-order valence-electron chi connectivity index (χ4n) is 1.84. The van der Waals surface area contributed by atoms with Crippen molar-refractivity contribution in [2.45, 2.75) is 6.92 Å². The smallest absolute Gasteiger partial charge is 0.349 e. The van der Waals surface area contributed by atoms with Gasteiger partial charge in [0, 0.05) is 10.9 Å². The number of hydrogen-bond acceptors (Lipinski definition) is 5. The molecule has 0 atom stereocenters. The number of methoxy groups -OCH3 is 1. The van der Waals surface area contributed by atoms with Crippen molar-refractivity contribution in [1.29, 1.82) is 0 Å². The van der Waals surface area contributed by atoms with Crippen molar-refractivity contribution in [2.24, 2.45) is 0 Å². The largest absolute Gasteiger partial charge is 0.465 e. The van der Waals surface area contributed by atoms with Gasteiger partial charge in [0.1, 0.15) is 4.88 Å². The second-order valence-electron chi connectivity index (χ2n) is 3.93. The summed E-state index contributed by atoms with van der Waals surface area (Å²) in [6.07, 6.45) is 0. The Morgan fingerprint density at radius 2 is 1.85 bits per heavy atom. The van der Waals surface area contributed by atoms with Crippen LogP contribution < -0.4 is 0 Å². The van der Waals surface area contributed by atoms with Crippen LogP contribution in [0.1, 0.15) is 27.0 Å². The molecule has 4 nitrogen and oxygen atoms in total. The third kappa shape index (κ3) is 2.72. The lowest BCUT2D eigenvalue weighted by Crippen LogP contribution is -2.11. The highest BCUT2D eigenvalue weighted by Gasteiger charge is 2.25. The van der Waals surface area contributed by atoms with Crippen LogP contribution in [-0.2, 0) is 9.47 Å². The molecule has 0 unspecified atom stereocenters. The summed E-state index contributed by atoms with van der Waals surface area (Å²) in [6.45, 7) is 1.99. The van der Waals surface area contributed by atoms with Crippen molar-refractivity contribution in [3.8, 4) is 11.1 Å². The molecule has 0 aliphatic rings. The van der Waals surface area contributed by atoms with Gasteiger partial charge in [0.05, 0.1) is 19.3 Å². The van der Waals surface area contributed by atoms with Crippen LogP contribution >= 0.6 is 11.3 Å². The molecule has 1 aromatic carbocycles. The van der Waals surface area contributed by atoms with Gasteiger partial charge in [-0.3, -0.25) is 0 Å². The number of benzene rings is 1. The number of thiophene rings is 1. The molecule has 0 saturated carbocycles. The highest BCUT2D eigenvalue weighted by atomic mass is 32.1. The molecule has 5 heteroatoms. The summed E-state index contributed by atoms with van der Waals surface area (Å²) in [4.78, 5) is 24.2. The third-order valence-electron chi connectivity index (χ3n) is 2.73. The second-order valence-corrected chi connectivity index (χ2v) is 4.81. The van der Waals surface area contributed by atoms with Crippen molar-refractivity contribution in [3.63, 3.8) is 0 Å². The van der Waals surface area contributed by atoms with Crippen LogP contribution in [0.5, 0.6) is 0 Å². The van der Waals surface area contributed by atoms with E-state index in [9.17, 15) is 9.59 Å². The van der Waals surface area contributed by atoms with E-state index >= 15 is 0 Å². The summed E-state index contributed by atoms with van der Waals surface area (Å²) in [5.41, 5.74) is 1.81. The molecule has 0 spiro atoms. The van der Waals surface area contributed by atoms with Crippen LogP contribution in [0, 0.1) is 0 Å². The monoisotopic (exact) mass is 290 g/mol. The van der Waals surface area contributed by atoms with Gasteiger partial charge >= 0.3 is 11.9 Å². The minimum Gasteiger partial charge on any atom is -0.465 e. The van der Waals surface area contributed by atoms with Gasteiger partial charge in [0.25, 0.3) is 0 Å². The highest BCUT2D eigenvalue weighted by Crippen LogP contribution is 2.32. The van der Waals surface area contributed by atoms with Crippen LogP contribution in [0.25, 0.3) is 11.1 Å². The first kappa shape index (κ1) is 14.3. The van der Waals surface area contributed by atoms with Crippen LogP contribution in [-0.4, -0.2) is 25.7 Å². The van der Waals surface area contributed by atoms with E-state index in [-0.39, 0.29) is 17.0 Å². The molecule has 0 fully saturated rings. The van der Waals surface area contributed by atoms with E-state index in [2.05, 4.69) is 0 Å². The van der Waals surface area contributed by atoms with Gasteiger partial charge in [-0.15, -0.1) is 11.3 Å². The van der Waals surface area contributed by atoms with Gasteiger partial charge < -0.3 is 9.47 Å². The normalized spacial score (nSPS) is 10.1. The Labute approximate surface area is 121 Å². The molecule has 0 aliphatic heterocycles. The maximum atomic E-state index is 12.0. The summed E-state index contributed by atoms with van der Waals surface area (Å²) in [5, 5.41) is 1.77. The summed E-state index contributed by atoms with van der Waals surface area (Å²) >= 11 is 1.19. The van der Waals surface area contributed by atoms with E-state index in [4.69, 9.17) is 9.47 Å². The number of ether oxygens (including phenoxy) is 2. The first-order valence-corrected chi connectivity index (χ1v) is 6.99. The molecule has 1 aromatic heterocycles. The SMILES string of the molecule is CCOC(=O)c1scc(-c2ccccc2)c1C(=O)OC. The highest BCUT2D eigenvalue weighted by molar-refractivity contribution is 7.13. The van der Waals surface area contributed by atoms with Gasteiger partial charge in [-0.25, -0.2) is 9.59 Å². The zero-order valence-corrected chi connectivity index (χ0v) is 12.0. The zero-order chi connectivity index (χ0) is 14.5. The minimum absolute atomic E-state index is 0.262. The van der Waals surface area contributed by atoms with E-state index in [0.717, 1.165) is 5.56 Å². The van der Waals surface area contributed by atoms with Crippen LogP contribution in [0.15, 0.2) is 35.7 Å². The number of carbonyl (C=O) groups is 2. The van der Waals surface area contributed by atoms with E-state index in [0.29, 0.717) is 5.56 Å². The molecule has 2 aromatic rings. The van der Waals surface area contributed by atoms with Crippen LogP contribution in [0.3, 0.4) is 0 Å². The number of rotatable bonds is 4. The maximum Gasteiger partial charge on any atom is 0.349 e. The molecule has 0 saturated heterocycles. The molecule has 20 heavy (non-hydrogen) atoms. The van der Waals surface area contributed by atoms with E-state index < -0.39 is 11.9 Å². The maximum absolute atomic E-state index is 12.0. The fraction of sp³-hybridized carbons (Fsp3) is 0.200. The first-order chi connectivity index (χ1) is 9.69. The Morgan fingerprint density at radius 1 is 1.15 bits per heavy atom. The number of esters is 2. The molecule has 0 bridgehead atoms. The lowest BCUT2D eigenvalue weighted by atomic mass is 10.0. The minimum atomic E-state index is -0.534. The van der Waals surface area contributed by atoms with Crippen molar-refractivity contribution in [1.82, 2.24) is 0 Å². The molecule has 0 aliphatic carbocycles. The Balaban J connectivity index is 2.54. The summed E-state index contributed by atoms with van der Waals surface area (Å²) in [7, 11) is 1.30. The number of hydrogen-bond donors (Lipinski definition) is 0. The quantitative estimate of drug-likeness (QED) is 0.810. The summed E-state index contributed by atoms with van der Waals surface area (Å²) in [5.74, 6) is -1.03. The van der Waals surface area contributed by atoms with Gasteiger partial charge in [-0.2, -0.15) is 0 Å². The molecule has 0 amide bonds.